The summed E-state index contributed by atoms with van der Waals surface area (Å²) in [5.74, 6) is -0.774. The van der Waals surface area contributed by atoms with E-state index in [0.717, 1.165) is 11.1 Å². The van der Waals surface area contributed by atoms with Crippen molar-refractivity contribution in [1.82, 2.24) is 9.80 Å². The number of rotatable bonds is 8. The van der Waals surface area contributed by atoms with E-state index in [1.807, 2.05) is 50.2 Å². The van der Waals surface area contributed by atoms with Gasteiger partial charge in [-0.15, -0.1) is 0 Å². The van der Waals surface area contributed by atoms with Crippen molar-refractivity contribution in [2.24, 2.45) is 0 Å². The van der Waals surface area contributed by atoms with Gasteiger partial charge in [0.05, 0.1) is 12.1 Å². The maximum Gasteiger partial charge on any atom is 0.321 e. The number of nitrogens with zero attached hydrogens (tertiary/aromatic N) is 2. The van der Waals surface area contributed by atoms with E-state index in [-0.39, 0.29) is 30.3 Å². The average molecular weight is 575 g/mol. The molecule has 0 bridgehead atoms. The Morgan fingerprint density at radius 2 is 0.930 bits per heavy atom. The summed E-state index contributed by atoms with van der Waals surface area (Å²) in [4.78, 5) is 19.1. The first-order valence-electron chi connectivity index (χ1n) is 15.4. The molecule has 5 heteroatoms. The summed E-state index contributed by atoms with van der Waals surface area (Å²) >= 11 is 0. The second-order valence-corrected chi connectivity index (χ2v) is 12.6. The van der Waals surface area contributed by atoms with Gasteiger partial charge in [0.1, 0.15) is 12.2 Å². The van der Waals surface area contributed by atoms with Gasteiger partial charge < -0.3 is 19.3 Å². The van der Waals surface area contributed by atoms with Crippen molar-refractivity contribution < 1.29 is 14.3 Å². The van der Waals surface area contributed by atoms with Gasteiger partial charge in [0, 0.05) is 13.1 Å². The first-order valence-corrected chi connectivity index (χ1v) is 15.4. The number of aryl methyl sites for hydroxylation is 2. The second-order valence-electron chi connectivity index (χ2n) is 12.6. The van der Waals surface area contributed by atoms with E-state index in [1.54, 1.807) is 0 Å². The van der Waals surface area contributed by atoms with Gasteiger partial charge >= 0.3 is 6.03 Å². The van der Waals surface area contributed by atoms with Crippen molar-refractivity contribution in [2.75, 3.05) is 0 Å². The van der Waals surface area contributed by atoms with E-state index in [1.165, 1.54) is 22.3 Å². The highest BCUT2D eigenvalue weighted by Crippen LogP contribution is 2.40. The lowest BCUT2D eigenvalue weighted by Crippen LogP contribution is -2.51. The van der Waals surface area contributed by atoms with E-state index in [4.69, 9.17) is 9.47 Å². The minimum absolute atomic E-state index is 0.0151. The Morgan fingerprint density at radius 3 is 1.30 bits per heavy atom. The Morgan fingerprint density at radius 1 is 0.558 bits per heavy atom. The van der Waals surface area contributed by atoms with Crippen LogP contribution in [0.5, 0.6) is 0 Å². The Labute approximate surface area is 256 Å². The summed E-state index contributed by atoms with van der Waals surface area (Å²) in [6, 6.07) is 37.4. The molecule has 0 N–H and O–H groups in total. The summed E-state index contributed by atoms with van der Waals surface area (Å²) in [6.45, 7) is 9.18. The third kappa shape index (κ3) is 6.69. The van der Waals surface area contributed by atoms with Crippen molar-refractivity contribution in [3.63, 3.8) is 0 Å². The second kappa shape index (κ2) is 12.4. The average Bonchev–Trinajstić information content (AvgIpc) is 3.31. The molecule has 4 atom stereocenters. The highest BCUT2D eigenvalue weighted by Gasteiger charge is 2.55. The smallest absolute Gasteiger partial charge is 0.321 e. The molecule has 2 saturated heterocycles. The van der Waals surface area contributed by atoms with Gasteiger partial charge in [-0.1, -0.05) is 120 Å². The monoisotopic (exact) mass is 574 g/mol. The first-order chi connectivity index (χ1) is 20.8. The van der Waals surface area contributed by atoms with E-state index in [9.17, 15) is 4.79 Å². The minimum atomic E-state index is -0.774. The molecule has 2 aliphatic rings. The lowest BCUT2D eigenvalue weighted by Gasteiger charge is -2.37. The Kier molecular flexibility index (Phi) is 8.38. The van der Waals surface area contributed by atoms with E-state index >= 15 is 0 Å². The molecule has 0 unspecified atom stereocenters. The molecule has 4 aromatic rings. The number of ether oxygens (including phenoxy) is 2. The van der Waals surface area contributed by atoms with Crippen LogP contribution in [0.4, 0.5) is 4.79 Å². The highest BCUT2D eigenvalue weighted by atomic mass is 16.8. The van der Waals surface area contributed by atoms with Crippen LogP contribution < -0.4 is 0 Å². The highest BCUT2D eigenvalue weighted by molar-refractivity contribution is 5.76. The van der Waals surface area contributed by atoms with Gasteiger partial charge in [-0.3, -0.25) is 0 Å². The van der Waals surface area contributed by atoms with Gasteiger partial charge in [0.25, 0.3) is 0 Å². The molecular formula is C38H42N2O3. The van der Waals surface area contributed by atoms with Crippen LogP contribution in [-0.2, 0) is 35.4 Å². The zero-order valence-electron chi connectivity index (χ0n) is 25.6. The predicted molar refractivity (Wildman–Crippen MR) is 171 cm³/mol. The van der Waals surface area contributed by atoms with Crippen LogP contribution in [0.25, 0.3) is 0 Å². The van der Waals surface area contributed by atoms with Crippen LogP contribution >= 0.6 is 0 Å². The van der Waals surface area contributed by atoms with Crippen molar-refractivity contribution >= 4 is 6.03 Å². The fraction of sp³-hybridized carbons (Fsp3) is 0.342. The van der Waals surface area contributed by atoms with Crippen molar-refractivity contribution in [2.45, 2.75) is 83.7 Å². The van der Waals surface area contributed by atoms with E-state index in [0.29, 0.717) is 25.9 Å². The number of urea groups is 1. The predicted octanol–water partition coefficient (Wildman–Crippen LogP) is 7.48. The number of hydrogen-bond acceptors (Lipinski definition) is 3. The Bertz CT molecular complexity index is 1390. The van der Waals surface area contributed by atoms with E-state index in [2.05, 4.69) is 96.4 Å². The topological polar surface area (TPSA) is 42.0 Å². The summed E-state index contributed by atoms with van der Waals surface area (Å²) in [5.41, 5.74) is 6.98. The largest absolute Gasteiger partial charge is 0.342 e. The third-order valence-electron chi connectivity index (χ3n) is 8.74. The first kappa shape index (κ1) is 29.2. The fourth-order valence-corrected chi connectivity index (χ4v) is 6.53. The summed E-state index contributed by atoms with van der Waals surface area (Å²) in [5, 5.41) is 0. The van der Waals surface area contributed by atoms with Crippen LogP contribution in [0.1, 0.15) is 47.2 Å². The molecule has 0 saturated carbocycles. The molecule has 2 fully saturated rings. The lowest BCUT2D eigenvalue weighted by atomic mass is 9.90. The zero-order valence-corrected chi connectivity index (χ0v) is 25.6. The van der Waals surface area contributed by atoms with Crippen molar-refractivity contribution in [3.05, 3.63) is 143 Å². The summed E-state index contributed by atoms with van der Waals surface area (Å²) in [7, 11) is 0. The third-order valence-corrected chi connectivity index (χ3v) is 8.74. The van der Waals surface area contributed by atoms with Crippen LogP contribution in [-0.4, -0.2) is 45.9 Å². The molecule has 0 aromatic heterocycles. The summed E-state index contributed by atoms with van der Waals surface area (Å²) in [6.07, 6.45) is 0.742. The van der Waals surface area contributed by atoms with Crippen LogP contribution in [0.2, 0.25) is 0 Å². The molecule has 5 nitrogen and oxygen atoms in total. The van der Waals surface area contributed by atoms with Crippen molar-refractivity contribution in [1.29, 1.82) is 0 Å². The molecule has 222 valence electrons. The Hall–Kier alpha value is -3.93. The molecule has 0 spiro atoms. The van der Waals surface area contributed by atoms with E-state index < -0.39 is 5.79 Å². The van der Waals surface area contributed by atoms with Gasteiger partial charge in [0.15, 0.2) is 5.79 Å². The van der Waals surface area contributed by atoms with Crippen LogP contribution in [0.15, 0.2) is 109 Å². The molecule has 4 aromatic carbocycles. The number of amides is 2. The number of carbonyl (C=O) groups is 1. The molecular weight excluding hydrogens is 532 g/mol. The minimum Gasteiger partial charge on any atom is -0.342 e. The van der Waals surface area contributed by atoms with Gasteiger partial charge in [-0.2, -0.15) is 0 Å². The lowest BCUT2D eigenvalue weighted by molar-refractivity contribution is -0.157. The van der Waals surface area contributed by atoms with Gasteiger partial charge in [0.2, 0.25) is 0 Å². The van der Waals surface area contributed by atoms with Gasteiger partial charge in [-0.05, 0) is 62.8 Å². The molecule has 2 heterocycles. The summed E-state index contributed by atoms with van der Waals surface area (Å²) < 4.78 is 13.6. The number of carbonyl (C=O) groups excluding carboxylic acids is 1. The maximum atomic E-state index is 15.0. The molecule has 0 radical (unpaired) electrons. The van der Waals surface area contributed by atoms with Crippen molar-refractivity contribution in [3.8, 4) is 0 Å². The number of fused-ring (bicyclic) bond motifs is 1. The SMILES string of the molecule is Cc1ccc(C[C@@H]2[C@@H]3OC(C)(C)O[C@H]3[C@@H](Cc3ccc(C)cc3)N(Cc3ccccc3)C(=O)N2Cc2ccccc2)cc1. The van der Waals surface area contributed by atoms with Crippen LogP contribution in [0.3, 0.4) is 0 Å². The number of hydrogen-bond donors (Lipinski definition) is 0. The molecule has 2 aliphatic heterocycles. The van der Waals surface area contributed by atoms with Crippen LogP contribution in [0, 0.1) is 13.8 Å². The standard InChI is InChI=1S/C38H42N2O3/c1-27-15-19-29(20-16-27)23-33-35-36(43-38(3,4)42-35)34(24-30-21-17-28(2)18-22-30)40(26-32-13-9-6-10-14-32)37(41)39(33)25-31-11-7-5-8-12-31/h5-22,33-36H,23-26H2,1-4H3/t33-,34-,35+,36+/m1/s1. The Balaban J connectivity index is 1.48. The fourth-order valence-electron chi connectivity index (χ4n) is 6.53. The quantitative estimate of drug-likeness (QED) is 0.219. The zero-order chi connectivity index (χ0) is 30.0. The molecule has 43 heavy (non-hydrogen) atoms. The molecule has 0 aliphatic carbocycles. The normalized spacial score (nSPS) is 23.2. The molecule has 2 amide bonds. The maximum absolute atomic E-state index is 15.0. The number of benzene rings is 4. The van der Waals surface area contributed by atoms with Gasteiger partial charge in [-0.25, -0.2) is 4.79 Å². The molecule has 6 rings (SSSR count).